The molecule has 0 aliphatic carbocycles. The summed E-state index contributed by atoms with van der Waals surface area (Å²) in [6.07, 6.45) is 3.76. The van der Waals surface area contributed by atoms with E-state index in [1.165, 1.54) is 28.7 Å². The molecule has 0 spiro atoms. The van der Waals surface area contributed by atoms with Gasteiger partial charge in [0, 0.05) is 37.0 Å². The third-order valence-electron chi connectivity index (χ3n) is 5.79. The zero-order valence-corrected chi connectivity index (χ0v) is 15.7. The maximum Gasteiger partial charge on any atom is 0.433 e. The van der Waals surface area contributed by atoms with Crippen molar-refractivity contribution in [2.24, 2.45) is 5.92 Å². The van der Waals surface area contributed by atoms with Crippen LogP contribution < -0.4 is 5.56 Å². The lowest BCUT2D eigenvalue weighted by molar-refractivity contribution is -0.141. The van der Waals surface area contributed by atoms with Crippen LogP contribution in [0.4, 0.5) is 13.2 Å². The molecule has 0 saturated carbocycles. The van der Waals surface area contributed by atoms with Crippen LogP contribution in [0, 0.1) is 5.92 Å². The molecule has 28 heavy (non-hydrogen) atoms. The minimum Gasteiger partial charge on any atom is -0.299 e. The van der Waals surface area contributed by atoms with Gasteiger partial charge in [0.1, 0.15) is 0 Å². The van der Waals surface area contributed by atoms with Gasteiger partial charge < -0.3 is 0 Å². The van der Waals surface area contributed by atoms with Crippen molar-refractivity contribution in [3.63, 3.8) is 0 Å². The molecule has 0 amide bonds. The Hall–Kier alpha value is -2.16. The van der Waals surface area contributed by atoms with Gasteiger partial charge in [0.2, 0.25) is 0 Å². The number of hydrogen-bond donors (Lipinski definition) is 0. The van der Waals surface area contributed by atoms with Crippen LogP contribution >= 0.6 is 0 Å². The predicted octanol–water partition coefficient (Wildman–Crippen LogP) is 2.71. The van der Waals surface area contributed by atoms with Crippen molar-refractivity contribution in [3.05, 3.63) is 45.9 Å². The molecule has 2 aliphatic heterocycles. The Labute approximate surface area is 161 Å². The predicted molar refractivity (Wildman–Crippen MR) is 96.7 cm³/mol. The fourth-order valence-electron chi connectivity index (χ4n) is 4.18. The average Bonchev–Trinajstić information content (AvgIpc) is 3.07. The van der Waals surface area contributed by atoms with Gasteiger partial charge in [0.05, 0.1) is 12.5 Å². The molecule has 0 atom stereocenters. The molecule has 6 nitrogen and oxygen atoms in total. The Morgan fingerprint density at radius 3 is 2.64 bits per heavy atom. The maximum atomic E-state index is 12.6. The summed E-state index contributed by atoms with van der Waals surface area (Å²) in [5.74, 6) is 0.272. The van der Waals surface area contributed by atoms with Crippen LogP contribution in [0.2, 0.25) is 0 Å². The lowest BCUT2D eigenvalue weighted by Gasteiger charge is -2.32. The smallest absolute Gasteiger partial charge is 0.299 e. The number of aromatic nitrogens is 4. The summed E-state index contributed by atoms with van der Waals surface area (Å²) in [5.41, 5.74) is 0.890. The Morgan fingerprint density at radius 1 is 1.14 bits per heavy atom. The number of halogens is 3. The van der Waals surface area contributed by atoms with E-state index in [2.05, 4.69) is 19.7 Å². The number of aryl methyl sites for hydroxylation is 1. The van der Waals surface area contributed by atoms with Crippen molar-refractivity contribution in [1.29, 1.82) is 0 Å². The number of piperidine rings is 1. The Morgan fingerprint density at radius 2 is 1.93 bits per heavy atom. The van der Waals surface area contributed by atoms with Crippen molar-refractivity contribution in [2.45, 2.75) is 57.9 Å². The number of hydrogen-bond acceptors (Lipinski definition) is 4. The van der Waals surface area contributed by atoms with Gasteiger partial charge in [0.15, 0.2) is 5.69 Å². The van der Waals surface area contributed by atoms with Crippen LogP contribution in [-0.2, 0) is 32.2 Å². The van der Waals surface area contributed by atoms with Gasteiger partial charge in [-0.1, -0.05) is 0 Å². The normalized spacial score (nSPS) is 19.0. The molecule has 1 fully saturated rings. The first-order valence-electron chi connectivity index (χ1n) is 9.80. The molecular weight excluding hydrogens is 371 g/mol. The lowest BCUT2D eigenvalue weighted by atomic mass is 9.96. The fraction of sp³-hybridized carbons (Fsp3) is 0.632. The van der Waals surface area contributed by atoms with Crippen LogP contribution in [0.25, 0.3) is 0 Å². The second-order valence-electron chi connectivity index (χ2n) is 7.78. The molecule has 2 aromatic rings. The molecular formula is C19H24F3N5O. The van der Waals surface area contributed by atoms with E-state index in [1.54, 1.807) is 0 Å². The van der Waals surface area contributed by atoms with Crippen LogP contribution in [0.5, 0.6) is 0 Å². The summed E-state index contributed by atoms with van der Waals surface area (Å²) in [6, 6.07) is 0.582. The van der Waals surface area contributed by atoms with Gasteiger partial charge in [-0.2, -0.15) is 18.3 Å². The molecule has 0 bridgehead atoms. The zero-order valence-electron chi connectivity index (χ0n) is 15.7. The molecule has 4 rings (SSSR count). The summed E-state index contributed by atoms with van der Waals surface area (Å²) in [6.45, 7) is 4.15. The number of rotatable bonds is 4. The first-order chi connectivity index (χ1) is 13.4. The molecule has 2 aromatic heterocycles. The minimum atomic E-state index is -4.59. The largest absolute Gasteiger partial charge is 0.433 e. The highest BCUT2D eigenvalue weighted by molar-refractivity contribution is 5.19. The van der Waals surface area contributed by atoms with Crippen LogP contribution in [0.3, 0.4) is 0 Å². The summed E-state index contributed by atoms with van der Waals surface area (Å²) in [7, 11) is 0. The zero-order chi connectivity index (χ0) is 19.7. The minimum absolute atomic E-state index is 0.272. The van der Waals surface area contributed by atoms with Crippen molar-refractivity contribution in [1.82, 2.24) is 24.2 Å². The lowest BCUT2D eigenvalue weighted by Crippen LogP contribution is -2.36. The quantitative estimate of drug-likeness (QED) is 0.799. The Balaban J connectivity index is 1.32. The highest BCUT2D eigenvalue weighted by Gasteiger charge is 2.33. The van der Waals surface area contributed by atoms with Crippen molar-refractivity contribution in [3.8, 4) is 0 Å². The van der Waals surface area contributed by atoms with Crippen LogP contribution in [0.1, 0.15) is 42.6 Å². The van der Waals surface area contributed by atoms with E-state index in [0.29, 0.717) is 12.6 Å². The van der Waals surface area contributed by atoms with E-state index in [1.807, 2.05) is 6.20 Å². The van der Waals surface area contributed by atoms with Crippen LogP contribution in [-0.4, -0.2) is 37.3 Å². The van der Waals surface area contributed by atoms with E-state index in [4.69, 9.17) is 0 Å². The average molecular weight is 395 g/mol. The first-order valence-corrected chi connectivity index (χ1v) is 9.80. The number of likely N-dealkylation sites (tertiary alicyclic amines) is 1. The number of nitrogens with zero attached hydrogens (tertiary/aromatic N) is 5. The van der Waals surface area contributed by atoms with Crippen molar-refractivity contribution >= 4 is 0 Å². The highest BCUT2D eigenvalue weighted by atomic mass is 19.4. The second-order valence-corrected chi connectivity index (χ2v) is 7.78. The van der Waals surface area contributed by atoms with Crippen molar-refractivity contribution in [2.75, 3.05) is 13.1 Å². The SMILES string of the molecule is O=c1cc(C(F)(F)F)ncn1CC1CCN(Cc2cnn3c2CCCC3)CC1. The van der Waals surface area contributed by atoms with Gasteiger partial charge in [-0.15, -0.1) is 0 Å². The summed E-state index contributed by atoms with van der Waals surface area (Å²) in [4.78, 5) is 17.8. The molecule has 1 saturated heterocycles. The summed E-state index contributed by atoms with van der Waals surface area (Å²) >= 11 is 0. The second kappa shape index (κ2) is 7.69. The van der Waals surface area contributed by atoms with E-state index >= 15 is 0 Å². The van der Waals surface area contributed by atoms with Crippen molar-refractivity contribution < 1.29 is 13.2 Å². The van der Waals surface area contributed by atoms with Gasteiger partial charge in [-0.05, 0) is 51.1 Å². The summed E-state index contributed by atoms with van der Waals surface area (Å²) in [5, 5.41) is 4.49. The molecule has 152 valence electrons. The molecule has 0 unspecified atom stereocenters. The third kappa shape index (κ3) is 4.14. The molecule has 0 aromatic carbocycles. The number of alkyl halides is 3. The third-order valence-corrected chi connectivity index (χ3v) is 5.79. The van der Waals surface area contributed by atoms with Gasteiger partial charge >= 0.3 is 6.18 Å². The van der Waals surface area contributed by atoms with Gasteiger partial charge in [0.25, 0.3) is 5.56 Å². The van der Waals surface area contributed by atoms with Gasteiger partial charge in [-0.25, -0.2) is 4.98 Å². The van der Waals surface area contributed by atoms with E-state index in [-0.39, 0.29) is 5.92 Å². The van der Waals surface area contributed by atoms with E-state index in [9.17, 15) is 18.0 Å². The molecule has 0 radical (unpaired) electrons. The first kappa shape index (κ1) is 19.2. The standard InChI is InChI=1S/C19H24F3N5O/c20-19(21,22)17-9-18(28)26(13-23-17)11-14-4-7-25(8-5-14)12-15-10-24-27-6-2-1-3-16(15)27/h9-10,13-14H,1-8,11-12H2. The molecule has 9 heteroatoms. The van der Waals surface area contributed by atoms with E-state index < -0.39 is 17.4 Å². The Bertz CT molecular complexity index is 880. The Kier molecular flexibility index (Phi) is 5.27. The fourth-order valence-corrected chi connectivity index (χ4v) is 4.18. The molecule has 4 heterocycles. The highest BCUT2D eigenvalue weighted by Crippen LogP contribution is 2.26. The summed E-state index contributed by atoms with van der Waals surface area (Å²) < 4.78 is 41.3. The topological polar surface area (TPSA) is 56.0 Å². The van der Waals surface area contributed by atoms with Gasteiger partial charge in [-0.3, -0.25) is 18.9 Å². The van der Waals surface area contributed by atoms with Crippen LogP contribution in [0.15, 0.2) is 23.4 Å². The maximum absolute atomic E-state index is 12.6. The molecule has 0 N–H and O–H groups in total. The monoisotopic (exact) mass is 395 g/mol. The van der Waals surface area contributed by atoms with E-state index in [0.717, 1.165) is 51.8 Å². The number of fused-ring (bicyclic) bond motifs is 1. The molecule has 2 aliphatic rings.